The fourth-order valence-corrected chi connectivity index (χ4v) is 4.02. The van der Waals surface area contributed by atoms with Crippen LogP contribution < -0.4 is 0 Å². The van der Waals surface area contributed by atoms with E-state index in [-0.39, 0.29) is 10.8 Å². The van der Waals surface area contributed by atoms with E-state index in [9.17, 15) is 13.2 Å². The molecule has 0 aliphatic heterocycles. The molecule has 0 radical (unpaired) electrons. The zero-order valence-corrected chi connectivity index (χ0v) is 18.2. The van der Waals surface area contributed by atoms with Crippen molar-refractivity contribution in [2.45, 2.75) is 38.5 Å². The number of benzene rings is 2. The van der Waals surface area contributed by atoms with Crippen LogP contribution in [0.4, 0.5) is 0 Å². The molecule has 0 bridgehead atoms. The molecular weight excluding hydrogens is 372 g/mol. The molecule has 0 aromatic heterocycles. The second kappa shape index (κ2) is 9.34. The van der Waals surface area contributed by atoms with Crippen molar-refractivity contribution in [1.29, 1.82) is 0 Å². The summed E-state index contributed by atoms with van der Waals surface area (Å²) in [4.78, 5) is 15.1. The lowest BCUT2D eigenvalue weighted by atomic mass is 9.97. The van der Waals surface area contributed by atoms with Crippen LogP contribution in [0.5, 0.6) is 0 Å². The maximum Gasteiger partial charge on any atom is 0.253 e. The maximum absolute atomic E-state index is 12.9. The molecule has 0 N–H and O–H groups in total. The van der Waals surface area contributed by atoms with Crippen LogP contribution in [0.2, 0.25) is 0 Å². The van der Waals surface area contributed by atoms with Gasteiger partial charge in [0.05, 0.1) is 4.90 Å². The Labute approximate surface area is 169 Å². The molecule has 0 saturated heterocycles. The van der Waals surface area contributed by atoms with Gasteiger partial charge in [-0.3, -0.25) is 4.79 Å². The average molecular weight is 403 g/mol. The van der Waals surface area contributed by atoms with Gasteiger partial charge in [0, 0.05) is 32.7 Å². The maximum atomic E-state index is 12.9. The molecule has 28 heavy (non-hydrogen) atoms. The van der Waals surface area contributed by atoms with Gasteiger partial charge in [0.25, 0.3) is 5.91 Å². The van der Waals surface area contributed by atoms with Crippen LogP contribution in [0.25, 0.3) is 11.1 Å². The van der Waals surface area contributed by atoms with Gasteiger partial charge >= 0.3 is 0 Å². The third kappa shape index (κ3) is 4.80. The number of hydrogen-bond acceptors (Lipinski definition) is 3. The quantitative estimate of drug-likeness (QED) is 0.666. The minimum Gasteiger partial charge on any atom is -0.339 e. The van der Waals surface area contributed by atoms with Crippen molar-refractivity contribution in [3.05, 3.63) is 53.6 Å². The van der Waals surface area contributed by atoms with Crippen molar-refractivity contribution in [1.82, 2.24) is 9.21 Å². The first-order chi connectivity index (χ1) is 13.2. The summed E-state index contributed by atoms with van der Waals surface area (Å²) in [5, 5.41) is 0. The third-order valence-corrected chi connectivity index (χ3v) is 6.53. The van der Waals surface area contributed by atoms with E-state index in [2.05, 4.69) is 13.8 Å². The highest BCUT2D eigenvalue weighted by atomic mass is 32.2. The van der Waals surface area contributed by atoms with Gasteiger partial charge in [-0.25, -0.2) is 12.7 Å². The zero-order chi connectivity index (χ0) is 20.9. The predicted octanol–water partition coefficient (Wildman–Crippen LogP) is 4.17. The van der Waals surface area contributed by atoms with E-state index < -0.39 is 10.0 Å². The zero-order valence-electron chi connectivity index (χ0n) is 17.4. The summed E-state index contributed by atoms with van der Waals surface area (Å²) >= 11 is 0. The summed E-state index contributed by atoms with van der Waals surface area (Å²) in [6.45, 7) is 7.61. The number of nitrogens with zero attached hydrogens (tertiary/aromatic N) is 2. The summed E-state index contributed by atoms with van der Waals surface area (Å²) < 4.78 is 25.7. The standard InChI is InChI=1S/C22H30N2O3S/c1-6-14-24(15-7-2)22(25)19-9-8-17(3)21(16-19)18-10-12-20(13-11-18)28(26,27)23(4)5/h8-13,16H,6-7,14-15H2,1-5H3. The van der Waals surface area contributed by atoms with E-state index in [1.807, 2.05) is 30.0 Å². The Morgan fingerprint density at radius 3 is 2.00 bits per heavy atom. The largest absolute Gasteiger partial charge is 0.339 e. The number of aryl methyl sites for hydroxylation is 1. The summed E-state index contributed by atoms with van der Waals surface area (Å²) in [5.41, 5.74) is 3.53. The van der Waals surface area contributed by atoms with Gasteiger partial charge in [-0.15, -0.1) is 0 Å². The van der Waals surface area contributed by atoms with Crippen LogP contribution >= 0.6 is 0 Å². The Hall–Kier alpha value is -2.18. The molecule has 0 fully saturated rings. The van der Waals surface area contributed by atoms with E-state index in [1.54, 1.807) is 24.3 Å². The molecule has 152 valence electrons. The molecule has 0 atom stereocenters. The van der Waals surface area contributed by atoms with Crippen LogP contribution in [-0.2, 0) is 10.0 Å². The number of amides is 1. The minimum atomic E-state index is -3.46. The van der Waals surface area contributed by atoms with Crippen LogP contribution in [-0.4, -0.2) is 50.7 Å². The lowest BCUT2D eigenvalue weighted by molar-refractivity contribution is 0.0755. The molecule has 6 heteroatoms. The number of sulfonamides is 1. The highest BCUT2D eigenvalue weighted by Crippen LogP contribution is 2.27. The second-order valence-electron chi connectivity index (χ2n) is 7.13. The Bertz CT molecular complexity index is 913. The lowest BCUT2D eigenvalue weighted by Gasteiger charge is -2.22. The van der Waals surface area contributed by atoms with E-state index in [4.69, 9.17) is 0 Å². The first-order valence-corrected chi connectivity index (χ1v) is 11.1. The van der Waals surface area contributed by atoms with Gasteiger partial charge < -0.3 is 4.90 Å². The fourth-order valence-electron chi connectivity index (χ4n) is 3.12. The van der Waals surface area contributed by atoms with E-state index in [0.29, 0.717) is 5.56 Å². The van der Waals surface area contributed by atoms with Crippen molar-refractivity contribution >= 4 is 15.9 Å². The summed E-state index contributed by atoms with van der Waals surface area (Å²) in [5.74, 6) is 0.0387. The third-order valence-electron chi connectivity index (χ3n) is 4.70. The van der Waals surface area contributed by atoms with Gasteiger partial charge in [-0.1, -0.05) is 32.0 Å². The smallest absolute Gasteiger partial charge is 0.253 e. The Kier molecular flexibility index (Phi) is 7.38. The minimum absolute atomic E-state index is 0.0387. The summed E-state index contributed by atoms with van der Waals surface area (Å²) in [6.07, 6.45) is 1.85. The average Bonchev–Trinajstić information content (AvgIpc) is 2.67. The molecule has 0 saturated carbocycles. The van der Waals surface area contributed by atoms with Crippen molar-refractivity contribution < 1.29 is 13.2 Å². The SMILES string of the molecule is CCCN(CCC)C(=O)c1ccc(C)c(-c2ccc(S(=O)(=O)N(C)C)cc2)c1. The first-order valence-electron chi connectivity index (χ1n) is 9.65. The molecule has 0 heterocycles. The molecule has 5 nitrogen and oxygen atoms in total. The normalized spacial score (nSPS) is 11.6. The van der Waals surface area contributed by atoms with Crippen LogP contribution in [0, 0.1) is 6.92 Å². The number of rotatable bonds is 8. The Morgan fingerprint density at radius 2 is 1.50 bits per heavy atom. The van der Waals surface area contributed by atoms with Gasteiger partial charge in [0.15, 0.2) is 0 Å². The highest BCUT2D eigenvalue weighted by Gasteiger charge is 2.18. The van der Waals surface area contributed by atoms with Gasteiger partial charge in [-0.05, 0) is 60.7 Å². The van der Waals surface area contributed by atoms with Gasteiger partial charge in [0.2, 0.25) is 10.0 Å². The van der Waals surface area contributed by atoms with Crippen molar-refractivity contribution in [3.8, 4) is 11.1 Å². The van der Waals surface area contributed by atoms with E-state index >= 15 is 0 Å². The topological polar surface area (TPSA) is 57.7 Å². The molecule has 2 rings (SSSR count). The van der Waals surface area contributed by atoms with Crippen LogP contribution in [0.15, 0.2) is 47.4 Å². The molecule has 0 spiro atoms. The van der Waals surface area contributed by atoms with Gasteiger partial charge in [-0.2, -0.15) is 0 Å². The number of hydrogen-bond donors (Lipinski definition) is 0. The molecule has 0 aliphatic carbocycles. The predicted molar refractivity (Wildman–Crippen MR) is 114 cm³/mol. The summed E-state index contributed by atoms with van der Waals surface area (Å²) in [7, 11) is -0.429. The summed E-state index contributed by atoms with van der Waals surface area (Å²) in [6, 6.07) is 12.5. The van der Waals surface area contributed by atoms with Crippen LogP contribution in [0.3, 0.4) is 0 Å². The molecule has 0 unspecified atom stereocenters. The molecule has 0 aliphatic rings. The van der Waals surface area contributed by atoms with Crippen molar-refractivity contribution in [3.63, 3.8) is 0 Å². The van der Waals surface area contributed by atoms with E-state index in [0.717, 1.165) is 42.6 Å². The van der Waals surface area contributed by atoms with Crippen LogP contribution in [0.1, 0.15) is 42.6 Å². The molecule has 2 aromatic rings. The molecular formula is C22H30N2O3S. The Balaban J connectivity index is 2.39. The van der Waals surface area contributed by atoms with E-state index in [1.165, 1.54) is 18.4 Å². The second-order valence-corrected chi connectivity index (χ2v) is 9.29. The monoisotopic (exact) mass is 402 g/mol. The Morgan fingerprint density at radius 1 is 0.929 bits per heavy atom. The highest BCUT2D eigenvalue weighted by molar-refractivity contribution is 7.89. The molecule has 1 amide bonds. The van der Waals surface area contributed by atoms with Gasteiger partial charge in [0.1, 0.15) is 0 Å². The number of carbonyl (C=O) groups is 1. The van der Waals surface area contributed by atoms with Crippen molar-refractivity contribution in [2.75, 3.05) is 27.2 Å². The molecule has 2 aromatic carbocycles. The van der Waals surface area contributed by atoms with Crippen molar-refractivity contribution in [2.24, 2.45) is 0 Å². The fraction of sp³-hybridized carbons (Fsp3) is 0.409. The first kappa shape index (κ1) is 22.1. The lowest BCUT2D eigenvalue weighted by Crippen LogP contribution is -2.32. The number of carbonyl (C=O) groups excluding carboxylic acids is 1.